The third kappa shape index (κ3) is 3.99. The molecule has 1 heterocycles. The zero-order chi connectivity index (χ0) is 14.4. The van der Waals surface area contributed by atoms with Crippen LogP contribution < -0.4 is 5.32 Å². The number of pyridine rings is 1. The molecule has 20 heavy (non-hydrogen) atoms. The second-order valence-electron chi connectivity index (χ2n) is 4.33. The molecule has 0 saturated carbocycles. The van der Waals surface area contributed by atoms with E-state index in [1.54, 1.807) is 24.6 Å². The van der Waals surface area contributed by atoms with Crippen molar-refractivity contribution < 1.29 is 9.00 Å². The molecule has 0 aliphatic rings. The SMILES string of the molecule is CS(=O)CCNC(=O)c1cccc(-c2ccccn2)c1. The number of hydrogen-bond acceptors (Lipinski definition) is 3. The minimum Gasteiger partial charge on any atom is -0.351 e. The Hall–Kier alpha value is -2.01. The molecule has 4 nitrogen and oxygen atoms in total. The van der Waals surface area contributed by atoms with Gasteiger partial charge in [0.15, 0.2) is 0 Å². The number of nitrogens with one attached hydrogen (secondary N) is 1. The van der Waals surface area contributed by atoms with Crippen molar-refractivity contribution in [2.75, 3.05) is 18.6 Å². The van der Waals surface area contributed by atoms with Gasteiger partial charge in [-0.3, -0.25) is 14.0 Å². The number of amides is 1. The predicted molar refractivity (Wildman–Crippen MR) is 80.9 cm³/mol. The highest BCUT2D eigenvalue weighted by atomic mass is 32.2. The van der Waals surface area contributed by atoms with E-state index in [-0.39, 0.29) is 5.91 Å². The molecule has 0 fully saturated rings. The molecule has 1 aromatic heterocycles. The first-order chi connectivity index (χ1) is 9.66. The van der Waals surface area contributed by atoms with Gasteiger partial charge in [0.05, 0.1) is 5.69 Å². The van der Waals surface area contributed by atoms with Gasteiger partial charge in [-0.05, 0) is 24.3 Å². The molecule has 1 N–H and O–H groups in total. The zero-order valence-corrected chi connectivity index (χ0v) is 12.0. The summed E-state index contributed by atoms with van der Waals surface area (Å²) in [5.41, 5.74) is 2.31. The summed E-state index contributed by atoms with van der Waals surface area (Å²) in [5.74, 6) is 0.305. The van der Waals surface area contributed by atoms with Crippen LogP contribution in [-0.4, -0.2) is 33.7 Å². The Kier molecular flexibility index (Phi) is 5.01. The highest BCUT2D eigenvalue weighted by Crippen LogP contribution is 2.17. The lowest BCUT2D eigenvalue weighted by atomic mass is 10.1. The largest absolute Gasteiger partial charge is 0.351 e. The van der Waals surface area contributed by atoms with E-state index in [0.717, 1.165) is 11.3 Å². The maximum Gasteiger partial charge on any atom is 0.251 e. The Morgan fingerprint density at radius 3 is 2.80 bits per heavy atom. The monoisotopic (exact) mass is 288 g/mol. The van der Waals surface area contributed by atoms with E-state index in [1.807, 2.05) is 30.3 Å². The van der Waals surface area contributed by atoms with Gasteiger partial charge in [0.1, 0.15) is 0 Å². The van der Waals surface area contributed by atoms with Crippen LogP contribution in [0.3, 0.4) is 0 Å². The molecule has 1 atom stereocenters. The fraction of sp³-hybridized carbons (Fsp3) is 0.200. The molecule has 0 radical (unpaired) electrons. The van der Waals surface area contributed by atoms with Gasteiger partial charge in [0.25, 0.3) is 5.91 Å². The van der Waals surface area contributed by atoms with Crippen molar-refractivity contribution >= 4 is 16.7 Å². The number of hydrogen-bond donors (Lipinski definition) is 1. The smallest absolute Gasteiger partial charge is 0.251 e. The molecule has 0 aliphatic heterocycles. The Bertz CT molecular complexity index is 614. The molecule has 0 saturated heterocycles. The average molecular weight is 288 g/mol. The highest BCUT2D eigenvalue weighted by molar-refractivity contribution is 7.84. The molecule has 0 bridgehead atoms. The summed E-state index contributed by atoms with van der Waals surface area (Å²) in [6, 6.07) is 13.0. The topological polar surface area (TPSA) is 59.1 Å². The van der Waals surface area contributed by atoms with Crippen LogP contribution in [0.2, 0.25) is 0 Å². The van der Waals surface area contributed by atoms with Crippen molar-refractivity contribution in [1.29, 1.82) is 0 Å². The molecule has 104 valence electrons. The maximum absolute atomic E-state index is 12.0. The van der Waals surface area contributed by atoms with E-state index in [0.29, 0.717) is 17.9 Å². The molecule has 2 aromatic rings. The fourth-order valence-corrected chi connectivity index (χ4v) is 2.15. The van der Waals surface area contributed by atoms with E-state index >= 15 is 0 Å². The van der Waals surface area contributed by atoms with Crippen molar-refractivity contribution in [2.45, 2.75) is 0 Å². The van der Waals surface area contributed by atoms with E-state index in [9.17, 15) is 9.00 Å². The number of carbonyl (C=O) groups excluding carboxylic acids is 1. The molecular formula is C15H16N2O2S. The molecule has 1 unspecified atom stereocenters. The van der Waals surface area contributed by atoms with Crippen LogP contribution in [-0.2, 0) is 10.8 Å². The Labute approximate surface area is 120 Å². The predicted octanol–water partition coefficient (Wildman–Crippen LogP) is 1.86. The minimum absolute atomic E-state index is 0.159. The Balaban J connectivity index is 2.10. The summed E-state index contributed by atoms with van der Waals surface area (Å²) < 4.78 is 11.0. The van der Waals surface area contributed by atoms with Crippen LogP contribution in [0.4, 0.5) is 0 Å². The standard InChI is InChI=1S/C15H16N2O2S/c1-20(19)10-9-17-15(18)13-6-4-5-12(11-13)14-7-2-3-8-16-14/h2-8,11H,9-10H2,1H3,(H,17,18). The summed E-state index contributed by atoms with van der Waals surface area (Å²) >= 11 is 0. The van der Waals surface area contributed by atoms with Crippen molar-refractivity contribution in [3.05, 3.63) is 54.2 Å². The average Bonchev–Trinajstić information content (AvgIpc) is 2.48. The number of nitrogens with zero attached hydrogens (tertiary/aromatic N) is 1. The normalized spacial score (nSPS) is 11.8. The summed E-state index contributed by atoms with van der Waals surface area (Å²) in [6.45, 7) is 0.412. The van der Waals surface area contributed by atoms with Gasteiger partial charge < -0.3 is 5.32 Å². The second kappa shape index (κ2) is 6.96. The van der Waals surface area contributed by atoms with Crippen LogP contribution in [0.25, 0.3) is 11.3 Å². The number of aromatic nitrogens is 1. The van der Waals surface area contributed by atoms with Crippen molar-refractivity contribution in [1.82, 2.24) is 10.3 Å². The molecule has 0 aliphatic carbocycles. The van der Waals surface area contributed by atoms with E-state index in [4.69, 9.17) is 0 Å². The van der Waals surface area contributed by atoms with Gasteiger partial charge in [0.2, 0.25) is 0 Å². The quantitative estimate of drug-likeness (QED) is 0.913. The second-order valence-corrected chi connectivity index (χ2v) is 5.88. The Morgan fingerprint density at radius 2 is 2.10 bits per heavy atom. The first-order valence-corrected chi connectivity index (χ1v) is 7.99. The van der Waals surface area contributed by atoms with Crippen LogP contribution in [0.5, 0.6) is 0 Å². The maximum atomic E-state index is 12.0. The van der Waals surface area contributed by atoms with Crippen LogP contribution in [0, 0.1) is 0 Å². The number of carbonyl (C=O) groups is 1. The van der Waals surface area contributed by atoms with Gasteiger partial charge in [-0.15, -0.1) is 0 Å². The third-order valence-corrected chi connectivity index (χ3v) is 3.54. The minimum atomic E-state index is -0.897. The summed E-state index contributed by atoms with van der Waals surface area (Å²) in [6.07, 6.45) is 3.34. The van der Waals surface area contributed by atoms with Gasteiger partial charge in [-0.1, -0.05) is 18.2 Å². The van der Waals surface area contributed by atoms with Gasteiger partial charge in [0, 0.05) is 46.7 Å². The first-order valence-electron chi connectivity index (χ1n) is 6.26. The third-order valence-electron chi connectivity index (χ3n) is 2.76. The Morgan fingerprint density at radius 1 is 1.25 bits per heavy atom. The van der Waals surface area contributed by atoms with Crippen LogP contribution >= 0.6 is 0 Å². The van der Waals surface area contributed by atoms with Gasteiger partial charge >= 0.3 is 0 Å². The van der Waals surface area contributed by atoms with Crippen LogP contribution in [0.1, 0.15) is 10.4 Å². The first kappa shape index (κ1) is 14.4. The molecule has 1 amide bonds. The summed E-state index contributed by atoms with van der Waals surface area (Å²) in [4.78, 5) is 16.2. The van der Waals surface area contributed by atoms with E-state index < -0.39 is 10.8 Å². The molecular weight excluding hydrogens is 272 g/mol. The fourth-order valence-electron chi connectivity index (χ4n) is 1.76. The number of benzene rings is 1. The zero-order valence-electron chi connectivity index (χ0n) is 11.2. The molecule has 1 aromatic carbocycles. The lowest BCUT2D eigenvalue weighted by Gasteiger charge is -2.06. The van der Waals surface area contributed by atoms with Gasteiger partial charge in [-0.2, -0.15) is 0 Å². The highest BCUT2D eigenvalue weighted by Gasteiger charge is 2.07. The van der Waals surface area contributed by atoms with Crippen molar-refractivity contribution in [2.24, 2.45) is 0 Å². The van der Waals surface area contributed by atoms with Crippen molar-refractivity contribution in [3.8, 4) is 11.3 Å². The lowest BCUT2D eigenvalue weighted by Crippen LogP contribution is -2.27. The molecule has 5 heteroatoms. The van der Waals surface area contributed by atoms with Crippen molar-refractivity contribution in [3.63, 3.8) is 0 Å². The molecule has 0 spiro atoms. The molecule has 2 rings (SSSR count). The number of rotatable bonds is 5. The van der Waals surface area contributed by atoms with E-state index in [2.05, 4.69) is 10.3 Å². The lowest BCUT2D eigenvalue weighted by molar-refractivity contribution is 0.0956. The van der Waals surface area contributed by atoms with Gasteiger partial charge in [-0.25, -0.2) is 0 Å². The summed E-state index contributed by atoms with van der Waals surface area (Å²) in [7, 11) is -0.897. The van der Waals surface area contributed by atoms with Crippen LogP contribution in [0.15, 0.2) is 48.7 Å². The summed E-state index contributed by atoms with van der Waals surface area (Å²) in [5, 5.41) is 2.76. The van der Waals surface area contributed by atoms with E-state index in [1.165, 1.54) is 0 Å².